The van der Waals surface area contributed by atoms with E-state index in [0.29, 0.717) is 13.2 Å². The van der Waals surface area contributed by atoms with E-state index < -0.39 is 29.8 Å². The molecule has 0 amide bonds. The van der Waals surface area contributed by atoms with Crippen molar-refractivity contribution in [3.63, 3.8) is 0 Å². The van der Waals surface area contributed by atoms with Crippen LogP contribution in [0.3, 0.4) is 0 Å². The predicted molar refractivity (Wildman–Crippen MR) is 204 cm³/mol. The summed E-state index contributed by atoms with van der Waals surface area (Å²) in [4.78, 5) is 48.2. The molecule has 0 saturated carbocycles. The number of H-pyrrole nitrogens is 1. The summed E-state index contributed by atoms with van der Waals surface area (Å²) in [5, 5.41) is 21.6. The lowest BCUT2D eigenvalue weighted by Crippen LogP contribution is -2.26. The van der Waals surface area contributed by atoms with Gasteiger partial charge in [0.05, 0.1) is 24.3 Å². The Balaban J connectivity index is 1.52. The van der Waals surface area contributed by atoms with E-state index in [1.807, 2.05) is 0 Å². The molecule has 0 bridgehead atoms. The van der Waals surface area contributed by atoms with Gasteiger partial charge in [-0.15, -0.1) is 0 Å². The van der Waals surface area contributed by atoms with Gasteiger partial charge in [-0.25, -0.2) is 19.4 Å². The second kappa shape index (κ2) is 23.9. The quantitative estimate of drug-likeness (QED) is 0.0531. The standard InChI is InChI=1S/C41H59N3O9/c1-5-7-9-11-13-15-17-19-25-50-39(47)29(3)52-31-21-23-33(35(45)27-31)37-42-38(44-41(49)43-37)34-24-22-32(28-36(34)46)53-30(4)40(48)51-26-20-18-16-14-12-10-8-6-2/h21-24,27-30,45-46H,5-20,25-26H2,1-4H3,(H,42,43,44,49). The summed E-state index contributed by atoms with van der Waals surface area (Å²) in [6, 6.07) is 8.61. The van der Waals surface area contributed by atoms with Gasteiger partial charge in [0.1, 0.15) is 28.8 Å². The average Bonchev–Trinajstić information content (AvgIpc) is 3.13. The number of esters is 2. The molecule has 1 heterocycles. The third kappa shape index (κ3) is 15.5. The van der Waals surface area contributed by atoms with E-state index in [2.05, 4.69) is 28.8 Å². The van der Waals surface area contributed by atoms with Gasteiger partial charge in [0.2, 0.25) is 0 Å². The van der Waals surface area contributed by atoms with Crippen LogP contribution < -0.4 is 15.2 Å². The highest BCUT2D eigenvalue weighted by Crippen LogP contribution is 2.34. The summed E-state index contributed by atoms with van der Waals surface area (Å²) in [5.74, 6) is -1.22. The number of unbranched alkanes of at least 4 members (excludes halogenated alkanes) is 14. The van der Waals surface area contributed by atoms with Crippen LogP contribution in [-0.2, 0) is 19.1 Å². The van der Waals surface area contributed by atoms with Crippen LogP contribution in [0.2, 0.25) is 0 Å². The first-order chi connectivity index (χ1) is 25.6. The lowest BCUT2D eigenvalue weighted by molar-refractivity contribution is -0.152. The molecule has 0 saturated heterocycles. The van der Waals surface area contributed by atoms with Gasteiger partial charge in [-0.1, -0.05) is 104 Å². The van der Waals surface area contributed by atoms with Crippen LogP contribution in [0, 0.1) is 0 Å². The van der Waals surface area contributed by atoms with E-state index in [4.69, 9.17) is 18.9 Å². The summed E-state index contributed by atoms with van der Waals surface area (Å²) < 4.78 is 22.1. The Hall–Kier alpha value is -4.61. The van der Waals surface area contributed by atoms with Crippen LogP contribution in [-0.4, -0.2) is 62.5 Å². The lowest BCUT2D eigenvalue weighted by atomic mass is 10.1. The third-order valence-electron chi connectivity index (χ3n) is 8.86. The molecule has 3 rings (SSSR count). The summed E-state index contributed by atoms with van der Waals surface area (Å²) in [6.45, 7) is 8.19. The molecule has 292 valence electrons. The average molecular weight is 738 g/mol. The van der Waals surface area contributed by atoms with Crippen LogP contribution in [0.5, 0.6) is 23.0 Å². The molecule has 0 aliphatic heterocycles. The zero-order valence-electron chi connectivity index (χ0n) is 32.0. The van der Waals surface area contributed by atoms with Gasteiger partial charge < -0.3 is 29.2 Å². The van der Waals surface area contributed by atoms with Crippen LogP contribution >= 0.6 is 0 Å². The normalized spacial score (nSPS) is 12.2. The molecule has 12 nitrogen and oxygen atoms in total. The molecule has 3 aromatic rings. The van der Waals surface area contributed by atoms with Gasteiger partial charge in [0, 0.05) is 12.1 Å². The number of phenols is 2. The van der Waals surface area contributed by atoms with Gasteiger partial charge in [-0.05, 0) is 51.0 Å². The number of carbonyl (C=O) groups excluding carboxylic acids is 2. The number of carbonyl (C=O) groups is 2. The van der Waals surface area contributed by atoms with E-state index in [0.717, 1.165) is 38.5 Å². The first-order valence-corrected chi connectivity index (χ1v) is 19.4. The SMILES string of the molecule is CCCCCCCCCCOC(=O)C(C)Oc1ccc(-c2nc(-c3ccc(OC(C)C(=O)OCCCCCCCCCC)cc3O)[nH]c(=O)n2)c(O)c1. The van der Waals surface area contributed by atoms with Crippen molar-refractivity contribution < 1.29 is 38.7 Å². The monoisotopic (exact) mass is 737 g/mol. The smallest absolute Gasteiger partial charge is 0.348 e. The van der Waals surface area contributed by atoms with Crippen molar-refractivity contribution in [2.75, 3.05) is 13.2 Å². The molecule has 0 aliphatic rings. The Labute approximate surface area is 313 Å². The summed E-state index contributed by atoms with van der Waals surface area (Å²) in [6.07, 6.45) is 16.5. The Bertz CT molecular complexity index is 1500. The molecule has 2 aromatic carbocycles. The molecular formula is C41H59N3O9. The first kappa shape index (κ1) is 42.8. The number of benzene rings is 2. The number of aromatic hydroxyl groups is 2. The van der Waals surface area contributed by atoms with E-state index in [1.54, 1.807) is 13.8 Å². The van der Waals surface area contributed by atoms with Crippen LogP contribution in [0.4, 0.5) is 0 Å². The molecule has 0 aliphatic carbocycles. The fraction of sp³-hybridized carbons (Fsp3) is 0.585. The maximum atomic E-state index is 12.5. The maximum absolute atomic E-state index is 12.5. The minimum absolute atomic E-state index is 0.00513. The topological polar surface area (TPSA) is 170 Å². The molecule has 12 heteroatoms. The third-order valence-corrected chi connectivity index (χ3v) is 8.86. The van der Waals surface area contributed by atoms with Crippen molar-refractivity contribution in [3.05, 3.63) is 46.9 Å². The predicted octanol–water partition coefficient (Wildman–Crippen LogP) is 8.81. The van der Waals surface area contributed by atoms with Gasteiger partial charge in [-0.2, -0.15) is 4.98 Å². The number of hydrogen-bond acceptors (Lipinski definition) is 11. The van der Waals surface area contributed by atoms with Gasteiger partial charge in [0.15, 0.2) is 18.0 Å². The van der Waals surface area contributed by atoms with E-state index in [1.165, 1.54) is 101 Å². The van der Waals surface area contributed by atoms with Crippen LogP contribution in [0.15, 0.2) is 41.2 Å². The zero-order valence-corrected chi connectivity index (χ0v) is 32.0. The van der Waals surface area contributed by atoms with Crippen molar-refractivity contribution in [2.24, 2.45) is 0 Å². The summed E-state index contributed by atoms with van der Waals surface area (Å²) in [5.41, 5.74) is -0.458. The number of aromatic nitrogens is 3. The van der Waals surface area contributed by atoms with Crippen molar-refractivity contribution in [3.8, 4) is 45.8 Å². The molecular weight excluding hydrogens is 678 g/mol. The molecule has 0 spiro atoms. The number of hydrogen-bond donors (Lipinski definition) is 3. The molecule has 53 heavy (non-hydrogen) atoms. The molecule has 3 N–H and O–H groups in total. The lowest BCUT2D eigenvalue weighted by Gasteiger charge is -2.15. The number of rotatable bonds is 26. The molecule has 0 fully saturated rings. The van der Waals surface area contributed by atoms with Crippen molar-refractivity contribution in [2.45, 2.75) is 143 Å². The van der Waals surface area contributed by atoms with Gasteiger partial charge in [-0.3, -0.25) is 4.98 Å². The minimum atomic E-state index is -0.903. The summed E-state index contributed by atoms with van der Waals surface area (Å²) >= 11 is 0. The number of aromatic amines is 1. The second-order valence-electron chi connectivity index (χ2n) is 13.5. The van der Waals surface area contributed by atoms with Crippen molar-refractivity contribution in [1.82, 2.24) is 15.0 Å². The number of nitrogens with one attached hydrogen (secondary N) is 1. The van der Waals surface area contributed by atoms with Crippen LogP contribution in [0.25, 0.3) is 22.8 Å². The van der Waals surface area contributed by atoms with Gasteiger partial charge >= 0.3 is 17.6 Å². The number of phenolic OH excluding ortho intramolecular Hbond substituents is 2. The van der Waals surface area contributed by atoms with E-state index >= 15 is 0 Å². The Kier molecular flexibility index (Phi) is 19.3. The Morgan fingerprint density at radius 1 is 0.623 bits per heavy atom. The molecule has 2 atom stereocenters. The largest absolute Gasteiger partial charge is 0.507 e. The van der Waals surface area contributed by atoms with Crippen LogP contribution in [0.1, 0.15) is 130 Å². The number of nitrogens with zero attached hydrogens (tertiary/aromatic N) is 2. The van der Waals surface area contributed by atoms with Crippen molar-refractivity contribution >= 4 is 11.9 Å². The number of ether oxygens (including phenoxy) is 4. The summed E-state index contributed by atoms with van der Waals surface area (Å²) in [7, 11) is 0. The molecule has 2 unspecified atom stereocenters. The second-order valence-corrected chi connectivity index (χ2v) is 13.5. The minimum Gasteiger partial charge on any atom is -0.507 e. The Morgan fingerprint density at radius 2 is 1.04 bits per heavy atom. The molecule has 1 aromatic heterocycles. The highest BCUT2D eigenvalue weighted by molar-refractivity contribution is 5.75. The van der Waals surface area contributed by atoms with E-state index in [9.17, 15) is 24.6 Å². The highest BCUT2D eigenvalue weighted by Gasteiger charge is 2.20. The first-order valence-electron chi connectivity index (χ1n) is 19.4. The van der Waals surface area contributed by atoms with Gasteiger partial charge in [0.25, 0.3) is 0 Å². The maximum Gasteiger partial charge on any atom is 0.348 e. The fourth-order valence-electron chi connectivity index (χ4n) is 5.75. The zero-order chi connectivity index (χ0) is 38.4. The molecule has 0 radical (unpaired) electrons. The van der Waals surface area contributed by atoms with E-state index in [-0.39, 0.29) is 45.8 Å². The highest BCUT2D eigenvalue weighted by atomic mass is 16.6. The Morgan fingerprint density at radius 3 is 1.47 bits per heavy atom. The van der Waals surface area contributed by atoms with Crippen molar-refractivity contribution in [1.29, 1.82) is 0 Å². The fourth-order valence-corrected chi connectivity index (χ4v) is 5.75.